The van der Waals surface area contributed by atoms with Crippen LogP contribution in [-0.4, -0.2) is 53.9 Å². The van der Waals surface area contributed by atoms with Crippen molar-refractivity contribution in [1.82, 2.24) is 9.62 Å². The zero-order valence-corrected chi connectivity index (χ0v) is 19.0. The van der Waals surface area contributed by atoms with E-state index in [0.717, 1.165) is 42.5 Å². The zero-order chi connectivity index (χ0) is 23.0. The second-order valence-corrected chi connectivity index (χ2v) is 11.2. The van der Waals surface area contributed by atoms with Crippen molar-refractivity contribution in [3.05, 3.63) is 34.4 Å². The molecule has 4 atom stereocenters. The van der Waals surface area contributed by atoms with Gasteiger partial charge in [-0.2, -0.15) is 4.31 Å². The van der Waals surface area contributed by atoms with E-state index >= 15 is 0 Å². The van der Waals surface area contributed by atoms with Gasteiger partial charge in [0.05, 0.1) is 4.92 Å². The number of aliphatic hydroxyl groups excluding tert-OH is 1. The number of fused-ring (bicyclic) bond motifs is 2. The van der Waals surface area contributed by atoms with E-state index in [1.54, 1.807) is 0 Å². The van der Waals surface area contributed by atoms with Crippen molar-refractivity contribution in [2.75, 3.05) is 13.7 Å². The number of para-hydroxylation sites is 1. The fourth-order valence-electron chi connectivity index (χ4n) is 5.00. The molecule has 2 bridgehead atoms. The number of benzene rings is 1. The van der Waals surface area contributed by atoms with Crippen LogP contribution in [0.4, 0.5) is 5.69 Å². The molecule has 3 rings (SSSR count). The van der Waals surface area contributed by atoms with E-state index in [4.69, 9.17) is 0 Å². The quantitative estimate of drug-likeness (QED) is 0.481. The summed E-state index contributed by atoms with van der Waals surface area (Å²) in [6, 6.07) is 4.89. The van der Waals surface area contributed by atoms with Crippen LogP contribution in [0, 0.1) is 27.9 Å². The second kappa shape index (κ2) is 8.84. The van der Waals surface area contributed by atoms with Crippen molar-refractivity contribution in [1.29, 1.82) is 0 Å². The molecule has 31 heavy (non-hydrogen) atoms. The highest BCUT2D eigenvalue weighted by Crippen LogP contribution is 2.43. The Bertz CT molecular complexity index is 946. The number of nitrogens with one attached hydrogen (secondary N) is 1. The van der Waals surface area contributed by atoms with Gasteiger partial charge in [0.1, 0.15) is 5.54 Å². The van der Waals surface area contributed by atoms with Crippen LogP contribution in [0.3, 0.4) is 0 Å². The number of carbonyl (C=O) groups is 1. The summed E-state index contributed by atoms with van der Waals surface area (Å²) in [4.78, 5) is 23.4. The maximum atomic E-state index is 13.3. The highest BCUT2D eigenvalue weighted by Gasteiger charge is 2.46. The van der Waals surface area contributed by atoms with Crippen molar-refractivity contribution in [3.8, 4) is 0 Å². The Balaban J connectivity index is 1.84. The number of carbonyl (C=O) groups excluding carboxylic acids is 1. The third-order valence-electron chi connectivity index (χ3n) is 7.05. The number of sulfonamides is 1. The number of rotatable bonds is 7. The predicted octanol–water partition coefficient (Wildman–Crippen LogP) is 2.30. The normalized spacial score (nSPS) is 26.5. The van der Waals surface area contributed by atoms with Gasteiger partial charge in [-0.05, 0) is 51.0 Å². The standard InChI is InChI=1S/C21H31N3O6S/c1-21(2,23(3)31(29,30)18-10-5-4-9-17(18)24(27)28)20(26)22-19-15-8-6-7-14(11-15)12-16(19)13-25/h4-5,9-10,14-16,19,25H,6-8,11-13H2,1-3H3,(H,22,26). The van der Waals surface area contributed by atoms with Crippen molar-refractivity contribution in [3.63, 3.8) is 0 Å². The number of hydrogen-bond donors (Lipinski definition) is 2. The van der Waals surface area contributed by atoms with Gasteiger partial charge < -0.3 is 10.4 Å². The summed E-state index contributed by atoms with van der Waals surface area (Å²) in [5.74, 6) is 0.297. The lowest BCUT2D eigenvalue weighted by molar-refractivity contribution is -0.387. The molecule has 1 aromatic carbocycles. The first-order valence-electron chi connectivity index (χ1n) is 10.6. The molecule has 4 unspecified atom stereocenters. The van der Waals surface area contributed by atoms with Crippen molar-refractivity contribution >= 4 is 21.6 Å². The van der Waals surface area contributed by atoms with Gasteiger partial charge in [-0.25, -0.2) is 8.42 Å². The number of aliphatic hydroxyl groups is 1. The van der Waals surface area contributed by atoms with Gasteiger partial charge in [0.2, 0.25) is 5.91 Å². The summed E-state index contributed by atoms with van der Waals surface area (Å²) >= 11 is 0. The molecule has 2 N–H and O–H groups in total. The number of nitro groups is 1. The molecule has 2 saturated carbocycles. The van der Waals surface area contributed by atoms with E-state index in [-0.39, 0.29) is 24.5 Å². The van der Waals surface area contributed by atoms with E-state index in [2.05, 4.69) is 5.32 Å². The van der Waals surface area contributed by atoms with E-state index in [1.165, 1.54) is 39.1 Å². The Morgan fingerprint density at radius 1 is 1.29 bits per heavy atom. The molecule has 1 aromatic rings. The summed E-state index contributed by atoms with van der Waals surface area (Å²) in [6.07, 6.45) is 5.07. The molecule has 0 saturated heterocycles. The zero-order valence-electron chi connectivity index (χ0n) is 18.2. The fraction of sp³-hybridized carbons (Fsp3) is 0.667. The smallest absolute Gasteiger partial charge is 0.289 e. The average molecular weight is 454 g/mol. The summed E-state index contributed by atoms with van der Waals surface area (Å²) < 4.78 is 27.3. The van der Waals surface area contributed by atoms with Crippen LogP contribution >= 0.6 is 0 Å². The highest BCUT2D eigenvalue weighted by molar-refractivity contribution is 7.89. The third kappa shape index (κ3) is 4.47. The van der Waals surface area contributed by atoms with Crippen molar-refractivity contribution in [2.45, 2.75) is 62.4 Å². The van der Waals surface area contributed by atoms with Gasteiger partial charge in [0.25, 0.3) is 15.7 Å². The minimum atomic E-state index is -4.31. The molecule has 172 valence electrons. The lowest BCUT2D eigenvalue weighted by Crippen LogP contribution is -2.60. The van der Waals surface area contributed by atoms with Crippen LogP contribution in [0.15, 0.2) is 29.2 Å². The first kappa shape index (κ1) is 23.6. The fourth-order valence-corrected chi connectivity index (χ4v) is 6.64. The Kier molecular flexibility index (Phi) is 6.73. The summed E-state index contributed by atoms with van der Waals surface area (Å²) in [5.41, 5.74) is -2.03. The van der Waals surface area contributed by atoms with Crippen molar-refractivity contribution in [2.24, 2.45) is 17.8 Å². The minimum Gasteiger partial charge on any atom is -0.396 e. The molecular formula is C21H31N3O6S. The van der Waals surface area contributed by atoms with Gasteiger partial charge in [-0.15, -0.1) is 0 Å². The molecule has 0 heterocycles. The van der Waals surface area contributed by atoms with E-state index in [0.29, 0.717) is 5.92 Å². The highest BCUT2D eigenvalue weighted by atomic mass is 32.2. The second-order valence-electron chi connectivity index (χ2n) is 9.23. The molecule has 0 aromatic heterocycles. The molecule has 0 spiro atoms. The maximum absolute atomic E-state index is 13.3. The molecule has 2 aliphatic rings. The SMILES string of the molecule is CN(C(C)(C)C(=O)NC1C(CO)CC2CCCC1C2)S(=O)(=O)c1ccccc1[N+](=O)[O-]. The number of amides is 1. The first-order chi connectivity index (χ1) is 14.5. The number of nitro benzene ring substituents is 1. The predicted molar refractivity (Wildman–Crippen MR) is 115 cm³/mol. The van der Waals surface area contributed by atoms with Gasteiger partial charge in [0.15, 0.2) is 4.90 Å². The van der Waals surface area contributed by atoms with Crippen LogP contribution in [0.1, 0.15) is 46.0 Å². The van der Waals surface area contributed by atoms with Gasteiger partial charge in [-0.3, -0.25) is 14.9 Å². The Morgan fingerprint density at radius 3 is 2.61 bits per heavy atom. The maximum Gasteiger partial charge on any atom is 0.289 e. The molecular weight excluding hydrogens is 422 g/mol. The minimum absolute atomic E-state index is 0.0251. The summed E-state index contributed by atoms with van der Waals surface area (Å²) in [6.45, 7) is 2.94. The molecule has 0 radical (unpaired) electrons. The lowest BCUT2D eigenvalue weighted by Gasteiger charge is -2.46. The Morgan fingerprint density at radius 2 is 1.97 bits per heavy atom. The number of likely N-dealkylation sites (N-methyl/N-ethyl adjacent to an activating group) is 1. The summed E-state index contributed by atoms with van der Waals surface area (Å²) in [7, 11) is -3.06. The number of nitrogens with zero attached hydrogens (tertiary/aromatic N) is 2. The molecule has 9 nitrogen and oxygen atoms in total. The Hall–Kier alpha value is -2.04. The van der Waals surface area contributed by atoms with Gasteiger partial charge >= 0.3 is 0 Å². The van der Waals surface area contributed by atoms with Crippen LogP contribution in [0.2, 0.25) is 0 Å². The average Bonchev–Trinajstić information content (AvgIpc) is 2.74. The molecule has 0 aliphatic heterocycles. The van der Waals surface area contributed by atoms with Crippen LogP contribution < -0.4 is 5.32 Å². The largest absolute Gasteiger partial charge is 0.396 e. The van der Waals surface area contributed by atoms with Gasteiger partial charge in [-0.1, -0.05) is 25.0 Å². The number of hydrogen-bond acceptors (Lipinski definition) is 6. The molecule has 2 aliphatic carbocycles. The molecule has 10 heteroatoms. The van der Waals surface area contributed by atoms with E-state index in [9.17, 15) is 28.4 Å². The Labute approximate surface area is 183 Å². The van der Waals surface area contributed by atoms with Crippen molar-refractivity contribution < 1.29 is 23.2 Å². The third-order valence-corrected chi connectivity index (χ3v) is 9.13. The van der Waals surface area contributed by atoms with E-state index in [1.807, 2.05) is 0 Å². The summed E-state index contributed by atoms with van der Waals surface area (Å²) in [5, 5.41) is 24.2. The van der Waals surface area contributed by atoms with Gasteiger partial charge in [0, 0.05) is 31.7 Å². The van der Waals surface area contributed by atoms with Crippen LogP contribution in [0.25, 0.3) is 0 Å². The monoisotopic (exact) mass is 453 g/mol. The van der Waals surface area contributed by atoms with E-state index < -0.39 is 37.0 Å². The topological polar surface area (TPSA) is 130 Å². The van der Waals surface area contributed by atoms with Crippen LogP contribution in [-0.2, 0) is 14.8 Å². The molecule has 1 amide bonds. The van der Waals surface area contributed by atoms with Crippen LogP contribution in [0.5, 0.6) is 0 Å². The molecule has 2 fully saturated rings. The lowest BCUT2D eigenvalue weighted by atomic mass is 9.65. The first-order valence-corrected chi connectivity index (χ1v) is 12.1.